The largest absolute Gasteiger partial charge is 0.356 e. The van der Waals surface area contributed by atoms with E-state index in [4.69, 9.17) is 0 Å². The molecule has 0 aromatic heterocycles. The Morgan fingerprint density at radius 2 is 1.14 bits per heavy atom. The molecule has 6 aromatic rings. The number of rotatable bonds is 5. The molecule has 0 unspecified atom stereocenters. The van der Waals surface area contributed by atoms with Gasteiger partial charge >= 0.3 is 0 Å². The van der Waals surface area contributed by atoms with Crippen molar-refractivity contribution in [3.63, 3.8) is 0 Å². The van der Waals surface area contributed by atoms with E-state index >= 15 is 0 Å². The van der Waals surface area contributed by atoms with Crippen LogP contribution in [0.2, 0.25) is 0 Å². The Kier molecular flexibility index (Phi) is 5.22. The summed E-state index contributed by atoms with van der Waals surface area (Å²) in [4.78, 5) is 0. The zero-order valence-corrected chi connectivity index (χ0v) is 20.4. The third-order valence-electron chi connectivity index (χ3n) is 7.25. The Morgan fingerprint density at radius 1 is 0.459 bits per heavy atom. The minimum atomic E-state index is 0.901. The van der Waals surface area contributed by atoms with E-state index in [0.717, 1.165) is 29.2 Å². The molecule has 0 radical (unpaired) electrons. The Bertz CT molecular complexity index is 1730. The predicted octanol–water partition coefficient (Wildman–Crippen LogP) is 9.57. The molecule has 0 fully saturated rings. The second kappa shape index (κ2) is 9.00. The molecular formula is C35H26N2. The van der Waals surface area contributed by atoms with Crippen molar-refractivity contribution >= 4 is 33.5 Å². The predicted molar refractivity (Wildman–Crippen MR) is 157 cm³/mol. The molecule has 0 saturated carbocycles. The highest BCUT2D eigenvalue weighted by Crippen LogP contribution is 2.47. The Labute approximate surface area is 217 Å². The molecule has 176 valence electrons. The number of hydrogen-bond donors (Lipinski definition) is 2. The minimum Gasteiger partial charge on any atom is -0.356 e. The molecule has 0 saturated heterocycles. The van der Waals surface area contributed by atoms with E-state index in [1.54, 1.807) is 0 Å². The van der Waals surface area contributed by atoms with Gasteiger partial charge in [0.2, 0.25) is 0 Å². The van der Waals surface area contributed by atoms with Crippen molar-refractivity contribution in [3.05, 3.63) is 145 Å². The second-order valence-corrected chi connectivity index (χ2v) is 9.57. The van der Waals surface area contributed by atoms with Gasteiger partial charge in [-0.25, -0.2) is 0 Å². The molecular weight excluding hydrogens is 448 g/mol. The van der Waals surface area contributed by atoms with Gasteiger partial charge in [0.15, 0.2) is 0 Å². The van der Waals surface area contributed by atoms with Crippen molar-refractivity contribution in [2.45, 2.75) is 6.42 Å². The maximum Gasteiger partial charge on any atom is 0.0467 e. The van der Waals surface area contributed by atoms with Crippen LogP contribution in [-0.4, -0.2) is 0 Å². The van der Waals surface area contributed by atoms with E-state index in [9.17, 15) is 0 Å². The van der Waals surface area contributed by atoms with E-state index < -0.39 is 0 Å². The van der Waals surface area contributed by atoms with Crippen molar-refractivity contribution in [3.8, 4) is 22.3 Å². The maximum absolute atomic E-state index is 3.72. The number of nitrogens with one attached hydrogen (secondary N) is 2. The summed E-state index contributed by atoms with van der Waals surface area (Å²) in [6.45, 7) is 0. The Morgan fingerprint density at radius 3 is 1.95 bits per heavy atom. The molecule has 0 atom stereocenters. The van der Waals surface area contributed by atoms with E-state index in [2.05, 4.69) is 138 Å². The van der Waals surface area contributed by atoms with Gasteiger partial charge in [0.1, 0.15) is 0 Å². The smallest absolute Gasteiger partial charge is 0.0467 e. The zero-order chi connectivity index (χ0) is 24.6. The molecule has 2 heteroatoms. The zero-order valence-electron chi connectivity index (χ0n) is 20.4. The molecule has 0 amide bonds. The van der Waals surface area contributed by atoms with Gasteiger partial charge in [-0.3, -0.25) is 0 Å². The Hall–Kier alpha value is -4.82. The molecule has 37 heavy (non-hydrogen) atoms. The summed E-state index contributed by atoms with van der Waals surface area (Å²) < 4.78 is 0. The summed E-state index contributed by atoms with van der Waals surface area (Å²) in [6, 6.07) is 47.4. The third kappa shape index (κ3) is 3.93. The van der Waals surface area contributed by atoms with Gasteiger partial charge < -0.3 is 10.6 Å². The quantitative estimate of drug-likeness (QED) is 0.259. The van der Waals surface area contributed by atoms with Crippen LogP contribution in [0.25, 0.3) is 33.0 Å². The normalized spacial score (nSPS) is 11.7. The summed E-state index contributed by atoms with van der Waals surface area (Å²) in [5, 5.41) is 9.82. The summed E-state index contributed by atoms with van der Waals surface area (Å²) in [6.07, 6.45) is 0.901. The van der Waals surface area contributed by atoms with Crippen LogP contribution in [-0.2, 0) is 6.42 Å². The van der Waals surface area contributed by atoms with Crippen molar-refractivity contribution in [2.24, 2.45) is 0 Å². The summed E-state index contributed by atoms with van der Waals surface area (Å²) >= 11 is 0. The topological polar surface area (TPSA) is 24.1 Å². The lowest BCUT2D eigenvalue weighted by Crippen LogP contribution is -1.98. The first-order chi connectivity index (χ1) is 18.3. The van der Waals surface area contributed by atoms with Gasteiger partial charge in [-0.15, -0.1) is 0 Å². The average molecular weight is 475 g/mol. The van der Waals surface area contributed by atoms with Gasteiger partial charge in [-0.2, -0.15) is 0 Å². The van der Waals surface area contributed by atoms with E-state index in [-0.39, 0.29) is 0 Å². The van der Waals surface area contributed by atoms with Crippen LogP contribution < -0.4 is 10.6 Å². The van der Waals surface area contributed by atoms with Gasteiger partial charge in [0.05, 0.1) is 0 Å². The molecule has 1 aliphatic carbocycles. The van der Waals surface area contributed by atoms with Crippen LogP contribution in [0.15, 0.2) is 133 Å². The lowest BCUT2D eigenvalue weighted by molar-refractivity contribution is 1.26. The fourth-order valence-electron chi connectivity index (χ4n) is 5.58. The lowest BCUT2D eigenvalue weighted by atomic mass is 9.90. The first-order valence-electron chi connectivity index (χ1n) is 12.7. The van der Waals surface area contributed by atoms with Crippen LogP contribution in [0.5, 0.6) is 0 Å². The monoisotopic (exact) mass is 474 g/mol. The van der Waals surface area contributed by atoms with Crippen molar-refractivity contribution in [1.82, 2.24) is 0 Å². The molecule has 0 bridgehead atoms. The fraction of sp³-hybridized carbons (Fsp3) is 0.0286. The number of fused-ring (bicyclic) bond motifs is 4. The van der Waals surface area contributed by atoms with Crippen LogP contribution in [0.4, 0.5) is 22.7 Å². The molecule has 0 spiro atoms. The van der Waals surface area contributed by atoms with E-state index in [0.29, 0.717) is 0 Å². The highest BCUT2D eigenvalue weighted by Gasteiger charge is 2.25. The second-order valence-electron chi connectivity index (χ2n) is 9.57. The molecule has 7 rings (SSSR count). The highest BCUT2D eigenvalue weighted by molar-refractivity contribution is 6.03. The number of anilines is 4. The van der Waals surface area contributed by atoms with Crippen molar-refractivity contribution < 1.29 is 0 Å². The lowest BCUT2D eigenvalue weighted by Gasteiger charge is -2.18. The summed E-state index contributed by atoms with van der Waals surface area (Å²) in [5.41, 5.74) is 12.4. The van der Waals surface area contributed by atoms with Crippen molar-refractivity contribution in [1.29, 1.82) is 0 Å². The van der Waals surface area contributed by atoms with Gasteiger partial charge in [-0.05, 0) is 87.5 Å². The van der Waals surface area contributed by atoms with Gasteiger partial charge in [-0.1, -0.05) is 91.0 Å². The number of benzene rings is 6. The summed E-state index contributed by atoms with van der Waals surface area (Å²) in [7, 11) is 0. The van der Waals surface area contributed by atoms with Gasteiger partial charge in [0.25, 0.3) is 0 Å². The van der Waals surface area contributed by atoms with E-state index in [1.807, 2.05) is 6.07 Å². The maximum atomic E-state index is 3.72. The fourth-order valence-corrected chi connectivity index (χ4v) is 5.58. The van der Waals surface area contributed by atoms with Crippen LogP contribution in [0.3, 0.4) is 0 Å². The molecule has 0 aliphatic heterocycles. The summed E-state index contributed by atoms with van der Waals surface area (Å²) in [5.74, 6) is 0. The first-order valence-corrected chi connectivity index (χ1v) is 12.7. The molecule has 2 nitrogen and oxygen atoms in total. The van der Waals surface area contributed by atoms with Crippen LogP contribution >= 0.6 is 0 Å². The Balaban J connectivity index is 1.37. The number of para-hydroxylation sites is 2. The van der Waals surface area contributed by atoms with Crippen LogP contribution in [0.1, 0.15) is 11.1 Å². The molecule has 2 N–H and O–H groups in total. The molecule has 0 heterocycles. The number of hydrogen-bond acceptors (Lipinski definition) is 2. The first kappa shape index (κ1) is 21.5. The molecule has 1 aliphatic rings. The highest BCUT2D eigenvalue weighted by atomic mass is 14.9. The third-order valence-corrected chi connectivity index (χ3v) is 7.25. The van der Waals surface area contributed by atoms with Crippen molar-refractivity contribution in [2.75, 3.05) is 10.6 Å². The average Bonchev–Trinajstić information content (AvgIpc) is 3.32. The molecule has 6 aromatic carbocycles. The van der Waals surface area contributed by atoms with Gasteiger partial charge in [0, 0.05) is 28.3 Å². The standard InChI is InChI=1S/C35H26N2/c1-3-12-26(13-4-1)36-28-18-19-30-25(22-28)23-33-31(30)20-21-34(37-27-14-5-2-6-15-27)35(33)32-17-9-11-24-10-7-8-16-29(24)32/h1-22,36-37H,23H2. The van der Waals surface area contributed by atoms with E-state index in [1.165, 1.54) is 44.2 Å². The van der Waals surface area contributed by atoms with Crippen LogP contribution in [0, 0.1) is 0 Å². The minimum absolute atomic E-state index is 0.901. The SMILES string of the molecule is c1ccc(Nc2ccc3c(c2)Cc2c-3ccc(Nc3ccccc3)c2-c2cccc3ccccc23)cc1.